The molecule has 0 amide bonds. The van der Waals surface area contributed by atoms with E-state index in [-0.39, 0.29) is 0 Å². The molecular formula is C23H30N6OS. The number of H-pyrrole nitrogens is 1. The van der Waals surface area contributed by atoms with Crippen LogP contribution in [-0.4, -0.2) is 64.2 Å². The first-order chi connectivity index (χ1) is 15.3. The minimum Gasteiger partial charge on any atom is -0.379 e. The predicted molar refractivity (Wildman–Crippen MR) is 123 cm³/mol. The van der Waals surface area contributed by atoms with Gasteiger partial charge in [0, 0.05) is 49.4 Å². The largest absolute Gasteiger partial charge is 0.379 e. The van der Waals surface area contributed by atoms with Gasteiger partial charge in [0.15, 0.2) is 0 Å². The number of anilines is 1. The molecule has 1 N–H and O–H groups in total. The predicted octanol–water partition coefficient (Wildman–Crippen LogP) is 3.51. The third kappa shape index (κ3) is 3.85. The Balaban J connectivity index is 1.33. The zero-order valence-corrected chi connectivity index (χ0v) is 18.8. The lowest BCUT2D eigenvalue weighted by atomic mass is 9.94. The number of rotatable bonds is 4. The fourth-order valence-corrected chi connectivity index (χ4v) is 6.58. The number of nitrogens with zero attached hydrogens (tertiary/aromatic N) is 5. The van der Waals surface area contributed by atoms with E-state index in [4.69, 9.17) is 14.7 Å². The molecule has 0 radical (unpaired) electrons. The molecule has 0 unspecified atom stereocenters. The van der Waals surface area contributed by atoms with Gasteiger partial charge < -0.3 is 14.6 Å². The molecule has 5 heterocycles. The Morgan fingerprint density at radius 1 is 1.06 bits per heavy atom. The van der Waals surface area contributed by atoms with Crippen LogP contribution in [0.15, 0.2) is 12.4 Å². The molecule has 0 bridgehead atoms. The molecule has 3 aromatic heterocycles. The first-order valence-corrected chi connectivity index (χ1v) is 12.5. The fourth-order valence-electron chi connectivity index (χ4n) is 5.31. The fraction of sp³-hybridized carbons (Fsp3) is 0.609. The van der Waals surface area contributed by atoms with Gasteiger partial charge in [0.25, 0.3) is 0 Å². The van der Waals surface area contributed by atoms with Gasteiger partial charge >= 0.3 is 0 Å². The van der Waals surface area contributed by atoms with Crippen molar-refractivity contribution in [2.45, 2.75) is 51.0 Å². The van der Waals surface area contributed by atoms with Crippen molar-refractivity contribution in [1.82, 2.24) is 24.8 Å². The number of nitrogens with one attached hydrogen (secondary N) is 1. The molecule has 3 aliphatic rings. The van der Waals surface area contributed by atoms with E-state index in [9.17, 15) is 0 Å². The molecule has 6 rings (SSSR count). The number of aromatic nitrogens is 4. The van der Waals surface area contributed by atoms with Gasteiger partial charge in [0.1, 0.15) is 22.3 Å². The minimum absolute atomic E-state index is 0.521. The van der Waals surface area contributed by atoms with E-state index in [1.807, 2.05) is 23.7 Å². The lowest BCUT2D eigenvalue weighted by Crippen LogP contribution is -2.37. The SMILES string of the molecule is c1c[nH]c(C2CCN(c3nc(CN4CCOCC4)nc4sc5c(c34)CCCC5)CC2)n1. The normalized spacial score (nSPS) is 21.0. The van der Waals surface area contributed by atoms with E-state index in [0.29, 0.717) is 5.92 Å². The number of thiophene rings is 1. The van der Waals surface area contributed by atoms with Crippen molar-refractivity contribution < 1.29 is 4.74 Å². The van der Waals surface area contributed by atoms with Gasteiger partial charge in [-0.2, -0.15) is 0 Å². The molecule has 7 nitrogen and oxygen atoms in total. The van der Waals surface area contributed by atoms with Crippen molar-refractivity contribution in [2.75, 3.05) is 44.3 Å². The number of piperidine rings is 1. The van der Waals surface area contributed by atoms with Crippen LogP contribution in [0.1, 0.15) is 53.7 Å². The van der Waals surface area contributed by atoms with Gasteiger partial charge in [-0.3, -0.25) is 4.90 Å². The van der Waals surface area contributed by atoms with E-state index >= 15 is 0 Å². The third-order valence-electron chi connectivity index (χ3n) is 7.01. The highest BCUT2D eigenvalue weighted by Crippen LogP contribution is 2.41. The highest BCUT2D eigenvalue weighted by atomic mass is 32.1. The first kappa shape index (κ1) is 19.6. The molecule has 0 aromatic carbocycles. The Hall–Kier alpha value is -2.03. The number of aromatic amines is 1. The first-order valence-electron chi connectivity index (χ1n) is 11.7. The minimum atomic E-state index is 0.521. The van der Waals surface area contributed by atoms with E-state index in [1.165, 1.54) is 47.3 Å². The summed E-state index contributed by atoms with van der Waals surface area (Å²) >= 11 is 1.92. The van der Waals surface area contributed by atoms with Crippen LogP contribution in [0.4, 0.5) is 5.82 Å². The number of aryl methyl sites for hydroxylation is 2. The number of ether oxygens (including phenoxy) is 1. The van der Waals surface area contributed by atoms with Crippen molar-refractivity contribution in [3.05, 3.63) is 34.5 Å². The summed E-state index contributed by atoms with van der Waals surface area (Å²) in [4.78, 5) is 25.8. The Kier molecular flexibility index (Phi) is 5.37. The van der Waals surface area contributed by atoms with E-state index in [0.717, 1.165) is 70.4 Å². The van der Waals surface area contributed by atoms with Crippen LogP contribution in [0, 0.1) is 0 Å². The summed E-state index contributed by atoms with van der Waals surface area (Å²) in [5, 5.41) is 1.35. The van der Waals surface area contributed by atoms with Crippen molar-refractivity contribution in [1.29, 1.82) is 0 Å². The maximum Gasteiger partial charge on any atom is 0.146 e. The molecule has 1 aliphatic carbocycles. The summed E-state index contributed by atoms with van der Waals surface area (Å²) in [7, 11) is 0. The van der Waals surface area contributed by atoms with E-state index in [1.54, 1.807) is 4.88 Å². The van der Waals surface area contributed by atoms with Crippen molar-refractivity contribution >= 4 is 27.4 Å². The molecule has 0 atom stereocenters. The summed E-state index contributed by atoms with van der Waals surface area (Å²) in [6.07, 6.45) is 11.0. The molecule has 0 spiro atoms. The van der Waals surface area contributed by atoms with Crippen molar-refractivity contribution in [2.24, 2.45) is 0 Å². The lowest BCUT2D eigenvalue weighted by molar-refractivity contribution is 0.0331. The molecule has 2 fully saturated rings. The Morgan fingerprint density at radius 2 is 1.90 bits per heavy atom. The number of hydrogen-bond donors (Lipinski definition) is 1. The van der Waals surface area contributed by atoms with Crippen molar-refractivity contribution in [3.63, 3.8) is 0 Å². The molecule has 2 aliphatic heterocycles. The molecule has 31 heavy (non-hydrogen) atoms. The van der Waals surface area contributed by atoms with Crippen LogP contribution >= 0.6 is 11.3 Å². The smallest absolute Gasteiger partial charge is 0.146 e. The Morgan fingerprint density at radius 3 is 2.71 bits per heavy atom. The van der Waals surface area contributed by atoms with Gasteiger partial charge in [0.05, 0.1) is 25.1 Å². The van der Waals surface area contributed by atoms with E-state index < -0.39 is 0 Å². The van der Waals surface area contributed by atoms with Crippen molar-refractivity contribution in [3.8, 4) is 0 Å². The molecular weight excluding hydrogens is 408 g/mol. The van der Waals surface area contributed by atoms with Crippen LogP contribution in [0.3, 0.4) is 0 Å². The van der Waals surface area contributed by atoms with E-state index in [2.05, 4.69) is 19.8 Å². The zero-order valence-electron chi connectivity index (χ0n) is 18.0. The van der Waals surface area contributed by atoms with Gasteiger partial charge in [-0.25, -0.2) is 15.0 Å². The second kappa shape index (κ2) is 8.48. The molecule has 164 valence electrons. The second-order valence-corrected chi connectivity index (χ2v) is 10.1. The average molecular weight is 439 g/mol. The van der Waals surface area contributed by atoms with Crippen LogP contribution in [0.5, 0.6) is 0 Å². The number of hydrogen-bond acceptors (Lipinski definition) is 7. The standard InChI is InChI=1S/C23H30N6OS/c1-2-4-18-17(3-1)20-22(29-9-5-16(6-10-29)21-24-7-8-25-21)26-19(27-23(20)31-18)15-28-11-13-30-14-12-28/h7-8,16H,1-6,9-15H2,(H,24,25). The summed E-state index contributed by atoms with van der Waals surface area (Å²) < 4.78 is 5.53. The summed E-state index contributed by atoms with van der Waals surface area (Å²) in [6, 6.07) is 0. The number of morpholine rings is 1. The highest BCUT2D eigenvalue weighted by Gasteiger charge is 2.28. The third-order valence-corrected chi connectivity index (χ3v) is 8.20. The molecule has 2 saturated heterocycles. The van der Waals surface area contributed by atoms with Crippen LogP contribution in [0.25, 0.3) is 10.2 Å². The van der Waals surface area contributed by atoms with Gasteiger partial charge in [-0.05, 0) is 44.1 Å². The van der Waals surface area contributed by atoms with Crippen LogP contribution < -0.4 is 4.90 Å². The van der Waals surface area contributed by atoms with Crippen LogP contribution in [0.2, 0.25) is 0 Å². The lowest BCUT2D eigenvalue weighted by Gasteiger charge is -2.33. The van der Waals surface area contributed by atoms with Crippen LogP contribution in [-0.2, 0) is 24.1 Å². The summed E-state index contributed by atoms with van der Waals surface area (Å²) in [5.41, 5.74) is 1.53. The van der Waals surface area contributed by atoms with Gasteiger partial charge in [-0.15, -0.1) is 11.3 Å². The summed E-state index contributed by atoms with van der Waals surface area (Å²) in [6.45, 7) is 6.42. The van der Waals surface area contributed by atoms with Gasteiger partial charge in [0.2, 0.25) is 0 Å². The zero-order chi connectivity index (χ0) is 20.6. The highest BCUT2D eigenvalue weighted by molar-refractivity contribution is 7.19. The molecule has 8 heteroatoms. The molecule has 3 aromatic rings. The number of fused-ring (bicyclic) bond motifs is 3. The summed E-state index contributed by atoms with van der Waals surface area (Å²) in [5.74, 6) is 3.81. The average Bonchev–Trinajstić information content (AvgIpc) is 3.47. The monoisotopic (exact) mass is 438 g/mol. The molecule has 0 saturated carbocycles. The Bertz CT molecular complexity index is 1030. The maximum atomic E-state index is 5.53. The maximum absolute atomic E-state index is 5.53. The topological polar surface area (TPSA) is 70.2 Å². The second-order valence-electron chi connectivity index (χ2n) is 8.98. The Labute approximate surface area is 186 Å². The van der Waals surface area contributed by atoms with Gasteiger partial charge in [-0.1, -0.05) is 0 Å². The quantitative estimate of drug-likeness (QED) is 0.672. The number of imidazole rings is 1.